The fourth-order valence-corrected chi connectivity index (χ4v) is 2.79. The first-order valence-corrected chi connectivity index (χ1v) is 7.88. The number of carbonyl (C=O) groups excluding carboxylic acids is 1. The number of hydrogen-bond donors (Lipinski definition) is 0. The SMILES string of the molecule is CCC1CN(C(=O)c2ccc(Cl)c(Cl)c2)c2ccccc2O1. The summed E-state index contributed by atoms with van der Waals surface area (Å²) in [6.07, 6.45) is 0.820. The van der Waals surface area contributed by atoms with Gasteiger partial charge in [-0.05, 0) is 36.8 Å². The number of benzene rings is 2. The van der Waals surface area contributed by atoms with Crippen molar-refractivity contribution in [2.75, 3.05) is 11.4 Å². The zero-order valence-electron chi connectivity index (χ0n) is 12.1. The van der Waals surface area contributed by atoms with E-state index < -0.39 is 0 Å². The van der Waals surface area contributed by atoms with E-state index in [4.69, 9.17) is 27.9 Å². The molecule has 0 saturated carbocycles. The number of amides is 1. The van der Waals surface area contributed by atoms with E-state index in [0.717, 1.165) is 17.9 Å². The molecule has 1 atom stereocenters. The highest BCUT2D eigenvalue weighted by Crippen LogP contribution is 2.35. The van der Waals surface area contributed by atoms with Crippen LogP contribution in [0.1, 0.15) is 23.7 Å². The molecule has 0 aliphatic carbocycles. The van der Waals surface area contributed by atoms with Gasteiger partial charge < -0.3 is 9.64 Å². The molecule has 0 saturated heterocycles. The summed E-state index contributed by atoms with van der Waals surface area (Å²) in [7, 11) is 0. The molecule has 5 heteroatoms. The van der Waals surface area contributed by atoms with Crippen molar-refractivity contribution in [2.45, 2.75) is 19.4 Å². The highest BCUT2D eigenvalue weighted by atomic mass is 35.5. The lowest BCUT2D eigenvalue weighted by Gasteiger charge is -2.34. The first-order chi connectivity index (χ1) is 10.6. The molecule has 114 valence electrons. The molecule has 3 rings (SSSR count). The van der Waals surface area contributed by atoms with Crippen molar-refractivity contribution in [1.29, 1.82) is 0 Å². The predicted octanol–water partition coefficient (Wildman–Crippen LogP) is 4.81. The molecule has 0 fully saturated rings. The Kier molecular flexibility index (Phi) is 4.27. The molecule has 1 unspecified atom stereocenters. The van der Waals surface area contributed by atoms with Crippen LogP contribution in [0.4, 0.5) is 5.69 Å². The molecule has 0 bridgehead atoms. The summed E-state index contributed by atoms with van der Waals surface area (Å²) in [5, 5.41) is 0.813. The van der Waals surface area contributed by atoms with Crippen molar-refractivity contribution >= 4 is 34.8 Å². The van der Waals surface area contributed by atoms with Gasteiger partial charge in [-0.3, -0.25) is 4.79 Å². The Morgan fingerprint density at radius 2 is 2.00 bits per heavy atom. The van der Waals surface area contributed by atoms with E-state index >= 15 is 0 Å². The van der Waals surface area contributed by atoms with Crippen LogP contribution in [0.5, 0.6) is 5.75 Å². The topological polar surface area (TPSA) is 29.5 Å². The van der Waals surface area contributed by atoms with E-state index in [0.29, 0.717) is 22.2 Å². The van der Waals surface area contributed by atoms with Gasteiger partial charge in [-0.1, -0.05) is 42.3 Å². The van der Waals surface area contributed by atoms with Gasteiger partial charge in [-0.15, -0.1) is 0 Å². The van der Waals surface area contributed by atoms with E-state index in [1.54, 1.807) is 23.1 Å². The Balaban J connectivity index is 1.99. The monoisotopic (exact) mass is 335 g/mol. The molecule has 22 heavy (non-hydrogen) atoms. The Morgan fingerprint density at radius 3 is 2.73 bits per heavy atom. The van der Waals surface area contributed by atoms with E-state index in [1.165, 1.54) is 0 Å². The summed E-state index contributed by atoms with van der Waals surface area (Å²) < 4.78 is 5.90. The van der Waals surface area contributed by atoms with Gasteiger partial charge in [0.25, 0.3) is 5.91 Å². The summed E-state index contributed by atoms with van der Waals surface area (Å²) in [4.78, 5) is 14.6. The maximum atomic E-state index is 12.9. The van der Waals surface area contributed by atoms with Crippen molar-refractivity contribution in [3.8, 4) is 5.75 Å². The van der Waals surface area contributed by atoms with Gasteiger partial charge in [-0.2, -0.15) is 0 Å². The molecule has 2 aromatic carbocycles. The fraction of sp³-hybridized carbons (Fsp3) is 0.235. The highest BCUT2D eigenvalue weighted by Gasteiger charge is 2.29. The smallest absolute Gasteiger partial charge is 0.258 e. The Labute approximate surface area is 139 Å². The molecule has 0 N–H and O–H groups in total. The second-order valence-electron chi connectivity index (χ2n) is 5.16. The number of halogens is 2. The van der Waals surface area contributed by atoms with Crippen LogP contribution in [0.2, 0.25) is 10.0 Å². The van der Waals surface area contributed by atoms with Crippen LogP contribution in [0.25, 0.3) is 0 Å². The summed E-state index contributed by atoms with van der Waals surface area (Å²) in [5.74, 6) is 0.627. The van der Waals surface area contributed by atoms with Crippen molar-refractivity contribution in [3.05, 3.63) is 58.1 Å². The lowest BCUT2D eigenvalue weighted by molar-refractivity contribution is 0.0954. The summed E-state index contributed by atoms with van der Waals surface area (Å²) in [6.45, 7) is 2.56. The molecule has 0 spiro atoms. The van der Waals surface area contributed by atoms with Gasteiger partial charge >= 0.3 is 0 Å². The van der Waals surface area contributed by atoms with E-state index in [2.05, 4.69) is 0 Å². The average Bonchev–Trinajstić information content (AvgIpc) is 2.55. The minimum atomic E-state index is -0.104. The number of hydrogen-bond acceptors (Lipinski definition) is 2. The van der Waals surface area contributed by atoms with Gasteiger partial charge in [0.05, 0.1) is 22.3 Å². The van der Waals surface area contributed by atoms with Gasteiger partial charge in [0.1, 0.15) is 11.9 Å². The lowest BCUT2D eigenvalue weighted by atomic mass is 10.1. The zero-order chi connectivity index (χ0) is 15.7. The molecule has 1 aliphatic rings. The van der Waals surface area contributed by atoms with E-state index in [9.17, 15) is 4.79 Å². The van der Waals surface area contributed by atoms with Crippen molar-refractivity contribution < 1.29 is 9.53 Å². The summed E-state index contributed by atoms with van der Waals surface area (Å²) in [5.41, 5.74) is 1.30. The number of nitrogens with zero attached hydrogens (tertiary/aromatic N) is 1. The van der Waals surface area contributed by atoms with Crippen LogP contribution in [0, 0.1) is 0 Å². The second kappa shape index (κ2) is 6.19. The first-order valence-electron chi connectivity index (χ1n) is 7.12. The van der Waals surface area contributed by atoms with Crippen molar-refractivity contribution in [2.24, 2.45) is 0 Å². The first kappa shape index (κ1) is 15.2. The third-order valence-electron chi connectivity index (χ3n) is 3.70. The van der Waals surface area contributed by atoms with Gasteiger partial charge in [0, 0.05) is 5.56 Å². The third-order valence-corrected chi connectivity index (χ3v) is 4.44. The van der Waals surface area contributed by atoms with Crippen LogP contribution in [0.15, 0.2) is 42.5 Å². The number of para-hydroxylation sites is 2. The van der Waals surface area contributed by atoms with Gasteiger partial charge in [-0.25, -0.2) is 0 Å². The average molecular weight is 336 g/mol. The molecule has 1 heterocycles. The minimum Gasteiger partial charge on any atom is -0.486 e. The van der Waals surface area contributed by atoms with Crippen molar-refractivity contribution in [1.82, 2.24) is 0 Å². The molecular weight excluding hydrogens is 321 g/mol. The molecule has 3 nitrogen and oxygen atoms in total. The van der Waals surface area contributed by atoms with Gasteiger partial charge in [0.2, 0.25) is 0 Å². The maximum Gasteiger partial charge on any atom is 0.258 e. The molecule has 0 aromatic heterocycles. The van der Waals surface area contributed by atoms with Crippen LogP contribution in [-0.2, 0) is 0 Å². The number of rotatable bonds is 2. The zero-order valence-corrected chi connectivity index (χ0v) is 13.6. The highest BCUT2D eigenvalue weighted by molar-refractivity contribution is 6.42. The molecular formula is C17H15Cl2NO2. The lowest BCUT2D eigenvalue weighted by Crippen LogP contribution is -2.43. The van der Waals surface area contributed by atoms with Gasteiger partial charge in [0.15, 0.2) is 0 Å². The van der Waals surface area contributed by atoms with E-state index in [1.807, 2.05) is 31.2 Å². The molecule has 2 aromatic rings. The van der Waals surface area contributed by atoms with Crippen LogP contribution < -0.4 is 9.64 Å². The second-order valence-corrected chi connectivity index (χ2v) is 5.97. The number of ether oxygens (including phenoxy) is 1. The third kappa shape index (κ3) is 2.79. The standard InChI is InChI=1S/C17H15Cl2NO2/c1-2-12-10-20(15-5-3-4-6-16(15)22-12)17(21)11-7-8-13(18)14(19)9-11/h3-9,12H,2,10H2,1H3. The maximum absolute atomic E-state index is 12.9. The molecule has 0 radical (unpaired) electrons. The Hall–Kier alpha value is -1.71. The van der Waals surface area contributed by atoms with E-state index in [-0.39, 0.29) is 12.0 Å². The Morgan fingerprint density at radius 1 is 1.23 bits per heavy atom. The Bertz CT molecular complexity index is 718. The van der Waals surface area contributed by atoms with Crippen LogP contribution in [-0.4, -0.2) is 18.6 Å². The largest absolute Gasteiger partial charge is 0.486 e. The van der Waals surface area contributed by atoms with Crippen LogP contribution in [0.3, 0.4) is 0 Å². The normalized spacial score (nSPS) is 16.9. The minimum absolute atomic E-state index is 0.0124. The number of carbonyl (C=O) groups is 1. The van der Waals surface area contributed by atoms with Crippen LogP contribution >= 0.6 is 23.2 Å². The number of fused-ring (bicyclic) bond motifs is 1. The molecule has 1 aliphatic heterocycles. The predicted molar refractivity (Wildman–Crippen MR) is 89.3 cm³/mol. The fourth-order valence-electron chi connectivity index (χ4n) is 2.49. The number of anilines is 1. The van der Waals surface area contributed by atoms with Crippen molar-refractivity contribution in [3.63, 3.8) is 0 Å². The molecule has 1 amide bonds. The quantitative estimate of drug-likeness (QED) is 0.787. The summed E-state index contributed by atoms with van der Waals surface area (Å²) in [6, 6.07) is 12.5. The summed E-state index contributed by atoms with van der Waals surface area (Å²) >= 11 is 11.9.